The fraction of sp³-hybridized carbons (Fsp3) is 0.389. The molecule has 0 unspecified atom stereocenters. The van der Waals surface area contributed by atoms with Crippen molar-refractivity contribution in [3.63, 3.8) is 0 Å². The van der Waals surface area contributed by atoms with Crippen molar-refractivity contribution in [2.45, 2.75) is 46.5 Å². The highest BCUT2D eigenvalue weighted by molar-refractivity contribution is 5.89. The molecule has 1 aromatic heterocycles. The van der Waals surface area contributed by atoms with Gasteiger partial charge in [0.15, 0.2) is 0 Å². The summed E-state index contributed by atoms with van der Waals surface area (Å²) in [4.78, 5) is 34.5. The van der Waals surface area contributed by atoms with Gasteiger partial charge in [-0.2, -0.15) is 0 Å². The Kier molecular flexibility index (Phi) is 4.98. The van der Waals surface area contributed by atoms with E-state index >= 15 is 0 Å². The lowest BCUT2D eigenvalue weighted by atomic mass is 10.1. The van der Waals surface area contributed by atoms with Crippen molar-refractivity contribution in [2.75, 3.05) is 0 Å². The summed E-state index contributed by atoms with van der Waals surface area (Å²) < 4.78 is 1.08. The normalized spacial score (nSPS) is 11.1. The van der Waals surface area contributed by atoms with Crippen LogP contribution in [-0.4, -0.2) is 15.7 Å². The summed E-state index contributed by atoms with van der Waals surface area (Å²) in [6.45, 7) is 9.54. The number of hydrogen-bond acceptors (Lipinski definition) is 4. The minimum atomic E-state index is -0.560. The maximum absolute atomic E-state index is 12.6. The van der Waals surface area contributed by atoms with Gasteiger partial charge in [-0.1, -0.05) is 45.4 Å². The van der Waals surface area contributed by atoms with Crippen LogP contribution in [0.2, 0.25) is 0 Å². The van der Waals surface area contributed by atoms with Crippen molar-refractivity contribution in [2.24, 2.45) is 0 Å². The molecule has 0 bridgehead atoms. The van der Waals surface area contributed by atoms with E-state index in [-0.39, 0.29) is 17.4 Å². The first kappa shape index (κ1) is 16.9. The third-order valence-electron chi connectivity index (χ3n) is 3.57. The van der Waals surface area contributed by atoms with E-state index < -0.39 is 5.97 Å². The first-order valence-electron chi connectivity index (χ1n) is 7.72. The predicted molar refractivity (Wildman–Crippen MR) is 88.8 cm³/mol. The fourth-order valence-electron chi connectivity index (χ4n) is 2.16. The Hall–Kier alpha value is -2.43. The number of hydrogen-bond donors (Lipinski definition) is 0. The molecule has 0 aliphatic carbocycles. The van der Waals surface area contributed by atoms with Gasteiger partial charge in [0.25, 0.3) is 0 Å². The average molecular weight is 314 g/mol. The van der Waals surface area contributed by atoms with Gasteiger partial charge >= 0.3 is 11.5 Å². The zero-order chi connectivity index (χ0) is 17.1. The maximum atomic E-state index is 12.6. The molecule has 0 radical (unpaired) electrons. The van der Waals surface area contributed by atoms with Gasteiger partial charge in [0.05, 0.1) is 17.5 Å². The van der Waals surface area contributed by atoms with Crippen LogP contribution in [-0.2, 0) is 0 Å². The number of aromatic nitrogens is 2. The van der Waals surface area contributed by atoms with E-state index in [4.69, 9.17) is 4.84 Å². The fourth-order valence-corrected chi connectivity index (χ4v) is 2.16. The van der Waals surface area contributed by atoms with Crippen molar-refractivity contribution in [1.82, 2.24) is 9.71 Å². The third-order valence-corrected chi connectivity index (χ3v) is 3.57. The number of carbonyl (C=O) groups is 1. The second-order valence-electron chi connectivity index (χ2n) is 6.22. The van der Waals surface area contributed by atoms with E-state index in [1.807, 2.05) is 46.8 Å². The number of rotatable bonds is 4. The molecular formula is C18H22N2O3. The van der Waals surface area contributed by atoms with Gasteiger partial charge in [0, 0.05) is 5.92 Å². The van der Waals surface area contributed by atoms with E-state index in [0.29, 0.717) is 17.0 Å². The Morgan fingerprint density at radius 1 is 1.09 bits per heavy atom. The molecule has 0 aliphatic heterocycles. The summed E-state index contributed by atoms with van der Waals surface area (Å²) in [6.07, 6.45) is 1.60. The highest BCUT2D eigenvalue weighted by atomic mass is 16.7. The number of nitrogens with zero attached hydrogens (tertiary/aromatic N) is 2. The van der Waals surface area contributed by atoms with E-state index in [1.54, 1.807) is 18.3 Å². The number of benzene rings is 1. The molecule has 0 atom stereocenters. The summed E-state index contributed by atoms with van der Waals surface area (Å²) >= 11 is 0. The molecule has 23 heavy (non-hydrogen) atoms. The highest BCUT2D eigenvalue weighted by Crippen LogP contribution is 2.14. The van der Waals surface area contributed by atoms with Gasteiger partial charge < -0.3 is 4.84 Å². The molecular weight excluding hydrogens is 292 g/mol. The quantitative estimate of drug-likeness (QED) is 0.870. The van der Waals surface area contributed by atoms with Crippen LogP contribution in [0.3, 0.4) is 0 Å². The zero-order valence-corrected chi connectivity index (χ0v) is 14.2. The smallest absolute Gasteiger partial charge is 0.328 e. The lowest BCUT2D eigenvalue weighted by Gasteiger charge is -2.16. The Bertz CT molecular complexity index is 759. The van der Waals surface area contributed by atoms with Crippen LogP contribution < -0.4 is 10.4 Å². The molecule has 0 fully saturated rings. The minimum absolute atomic E-state index is 0.00206. The predicted octanol–water partition coefficient (Wildman–Crippen LogP) is 3.07. The Labute approximate surface area is 135 Å². The molecule has 0 spiro atoms. The van der Waals surface area contributed by atoms with E-state index in [2.05, 4.69) is 4.98 Å². The second-order valence-corrected chi connectivity index (χ2v) is 6.22. The lowest BCUT2D eigenvalue weighted by Crippen LogP contribution is -2.36. The summed E-state index contributed by atoms with van der Waals surface area (Å²) in [5, 5.41) is 0. The highest BCUT2D eigenvalue weighted by Gasteiger charge is 2.19. The molecule has 2 rings (SSSR count). The maximum Gasteiger partial charge on any atom is 0.363 e. The lowest BCUT2D eigenvalue weighted by molar-refractivity contribution is 0.0419. The molecule has 0 N–H and O–H groups in total. The van der Waals surface area contributed by atoms with Crippen LogP contribution >= 0.6 is 0 Å². The molecule has 0 saturated heterocycles. The van der Waals surface area contributed by atoms with Gasteiger partial charge in [-0.05, 0) is 25.0 Å². The van der Waals surface area contributed by atoms with Gasteiger partial charge in [-0.25, -0.2) is 4.79 Å². The van der Waals surface area contributed by atoms with Crippen LogP contribution in [0.1, 0.15) is 66.8 Å². The number of aryl methyl sites for hydroxylation is 1. The van der Waals surface area contributed by atoms with Crippen LogP contribution in [0, 0.1) is 6.92 Å². The minimum Gasteiger partial charge on any atom is -0.328 e. The summed E-state index contributed by atoms with van der Waals surface area (Å²) in [6, 6.07) is 7.02. The Morgan fingerprint density at radius 3 is 2.22 bits per heavy atom. The van der Waals surface area contributed by atoms with Crippen molar-refractivity contribution in [3.05, 3.63) is 63.3 Å². The SMILES string of the molecule is Cc1ccc(C(=O)On2c(C(C)C)cnc(C(C)C)c2=O)cc1. The van der Waals surface area contributed by atoms with Crippen LogP contribution in [0.5, 0.6) is 0 Å². The first-order valence-corrected chi connectivity index (χ1v) is 7.72. The van der Waals surface area contributed by atoms with Crippen molar-refractivity contribution in [3.8, 4) is 0 Å². The van der Waals surface area contributed by atoms with Crippen molar-refractivity contribution < 1.29 is 9.63 Å². The van der Waals surface area contributed by atoms with Crippen LogP contribution in [0.15, 0.2) is 35.3 Å². The second kappa shape index (κ2) is 6.77. The first-order chi connectivity index (χ1) is 10.8. The molecule has 1 heterocycles. The number of carbonyl (C=O) groups excluding carboxylic acids is 1. The molecule has 0 amide bonds. The summed E-state index contributed by atoms with van der Waals surface area (Å²) in [5.74, 6) is -0.606. The Morgan fingerprint density at radius 2 is 1.70 bits per heavy atom. The third kappa shape index (κ3) is 3.67. The van der Waals surface area contributed by atoms with Crippen molar-refractivity contribution in [1.29, 1.82) is 0 Å². The van der Waals surface area contributed by atoms with Gasteiger partial charge in [0.2, 0.25) is 0 Å². The Balaban J connectivity index is 2.44. The van der Waals surface area contributed by atoms with E-state index in [9.17, 15) is 9.59 Å². The molecule has 2 aromatic rings. The topological polar surface area (TPSA) is 61.2 Å². The van der Waals surface area contributed by atoms with E-state index in [0.717, 1.165) is 10.3 Å². The average Bonchev–Trinajstić information content (AvgIpc) is 2.49. The molecule has 5 nitrogen and oxygen atoms in total. The van der Waals surface area contributed by atoms with Crippen LogP contribution in [0.4, 0.5) is 0 Å². The molecule has 0 aliphatic rings. The van der Waals surface area contributed by atoms with E-state index in [1.165, 1.54) is 0 Å². The summed E-state index contributed by atoms with van der Waals surface area (Å²) in [7, 11) is 0. The van der Waals surface area contributed by atoms with Gasteiger partial charge in [-0.3, -0.25) is 9.78 Å². The standard InChI is InChI=1S/C18H22N2O3/c1-11(2)15-10-19-16(12(3)4)17(21)20(15)23-18(22)14-8-6-13(5)7-9-14/h6-12H,1-5H3. The monoisotopic (exact) mass is 314 g/mol. The molecule has 5 heteroatoms. The van der Waals surface area contributed by atoms with Gasteiger partial charge in [-0.15, -0.1) is 4.73 Å². The summed E-state index contributed by atoms with van der Waals surface area (Å²) in [5.41, 5.74) is 2.02. The van der Waals surface area contributed by atoms with Gasteiger partial charge in [0.1, 0.15) is 5.69 Å². The van der Waals surface area contributed by atoms with Crippen LogP contribution in [0.25, 0.3) is 0 Å². The zero-order valence-electron chi connectivity index (χ0n) is 14.2. The molecule has 122 valence electrons. The molecule has 0 saturated carbocycles. The molecule has 1 aromatic carbocycles. The van der Waals surface area contributed by atoms with Crippen molar-refractivity contribution >= 4 is 5.97 Å². The largest absolute Gasteiger partial charge is 0.363 e.